The van der Waals surface area contributed by atoms with E-state index in [2.05, 4.69) is 31.0 Å². The molecule has 1 saturated heterocycles. The van der Waals surface area contributed by atoms with Crippen molar-refractivity contribution in [2.75, 3.05) is 20.3 Å². The van der Waals surface area contributed by atoms with Gasteiger partial charge in [-0.15, -0.1) is 0 Å². The lowest BCUT2D eigenvalue weighted by atomic mass is 10.1. The fourth-order valence-corrected chi connectivity index (χ4v) is 1.93. The van der Waals surface area contributed by atoms with Crippen molar-refractivity contribution in [2.45, 2.75) is 39.0 Å². The van der Waals surface area contributed by atoms with E-state index in [9.17, 15) is 0 Å². The van der Waals surface area contributed by atoms with Gasteiger partial charge in [0.2, 0.25) is 0 Å². The number of ether oxygens (including phenoxy) is 1. The minimum atomic E-state index is 0.443. The Labute approximate surface area is 75.1 Å². The Morgan fingerprint density at radius 3 is 2.25 bits per heavy atom. The third kappa shape index (κ3) is 1.97. The van der Waals surface area contributed by atoms with Gasteiger partial charge in [-0.1, -0.05) is 0 Å². The van der Waals surface area contributed by atoms with Crippen molar-refractivity contribution < 1.29 is 4.74 Å². The summed E-state index contributed by atoms with van der Waals surface area (Å²) < 4.78 is 5.45. The van der Waals surface area contributed by atoms with Crippen LogP contribution >= 0.6 is 0 Å². The minimum absolute atomic E-state index is 0.443. The van der Waals surface area contributed by atoms with Crippen LogP contribution in [0.25, 0.3) is 0 Å². The first-order valence-corrected chi connectivity index (χ1v) is 4.69. The summed E-state index contributed by atoms with van der Waals surface area (Å²) in [6.07, 6.45) is 0.443. The lowest BCUT2D eigenvalue weighted by Crippen LogP contribution is -2.57. The van der Waals surface area contributed by atoms with Gasteiger partial charge in [0.05, 0.1) is 19.4 Å². The van der Waals surface area contributed by atoms with Crippen molar-refractivity contribution in [3.63, 3.8) is 0 Å². The van der Waals surface area contributed by atoms with E-state index in [0.717, 1.165) is 13.2 Å². The molecule has 12 heavy (non-hydrogen) atoms. The molecule has 1 aliphatic rings. The van der Waals surface area contributed by atoms with E-state index in [-0.39, 0.29) is 0 Å². The summed E-state index contributed by atoms with van der Waals surface area (Å²) in [7, 11) is 2.00. The molecule has 0 radical (unpaired) electrons. The molecule has 0 spiro atoms. The molecule has 1 heterocycles. The van der Waals surface area contributed by atoms with Crippen LogP contribution in [-0.2, 0) is 4.74 Å². The van der Waals surface area contributed by atoms with Crippen molar-refractivity contribution >= 4 is 0 Å². The average molecular weight is 172 g/mol. The molecule has 3 nitrogen and oxygen atoms in total. The molecule has 3 heteroatoms. The van der Waals surface area contributed by atoms with E-state index < -0.39 is 0 Å². The molecule has 1 aliphatic heterocycles. The Morgan fingerprint density at radius 2 is 1.83 bits per heavy atom. The van der Waals surface area contributed by atoms with Crippen molar-refractivity contribution in [3.05, 3.63) is 0 Å². The van der Waals surface area contributed by atoms with Crippen molar-refractivity contribution in [2.24, 2.45) is 0 Å². The molecule has 0 aromatic heterocycles. The minimum Gasteiger partial charge on any atom is -0.378 e. The predicted molar refractivity (Wildman–Crippen MR) is 50.1 cm³/mol. The number of rotatable bonds is 2. The van der Waals surface area contributed by atoms with E-state index in [0.29, 0.717) is 18.2 Å². The number of hydrogen-bond acceptors (Lipinski definition) is 3. The molecular formula is C9H20N2O. The largest absolute Gasteiger partial charge is 0.378 e. The molecule has 3 atom stereocenters. The number of morpholine rings is 1. The first kappa shape index (κ1) is 9.96. The number of nitrogens with zero attached hydrogens (tertiary/aromatic N) is 1. The molecule has 0 aromatic rings. The third-order valence-corrected chi connectivity index (χ3v) is 2.60. The van der Waals surface area contributed by atoms with E-state index in [1.807, 2.05) is 7.05 Å². The molecule has 0 bridgehead atoms. The standard InChI is InChI=1S/C9H20N2O/c1-7-5-12-6-8(2)11(7)9(3)10-4/h7-10H,5-6H2,1-4H3. The number of nitrogens with one attached hydrogen (secondary N) is 1. The zero-order chi connectivity index (χ0) is 9.14. The summed E-state index contributed by atoms with van der Waals surface area (Å²) in [6, 6.07) is 1.05. The van der Waals surface area contributed by atoms with Crippen LogP contribution in [0.15, 0.2) is 0 Å². The molecule has 1 rings (SSSR count). The fourth-order valence-electron chi connectivity index (χ4n) is 1.93. The maximum atomic E-state index is 5.45. The van der Waals surface area contributed by atoms with Gasteiger partial charge >= 0.3 is 0 Å². The smallest absolute Gasteiger partial charge is 0.0620 e. The Hall–Kier alpha value is -0.120. The van der Waals surface area contributed by atoms with Gasteiger partial charge in [-0.2, -0.15) is 0 Å². The van der Waals surface area contributed by atoms with Crippen LogP contribution in [0.4, 0.5) is 0 Å². The van der Waals surface area contributed by atoms with E-state index >= 15 is 0 Å². The first-order valence-electron chi connectivity index (χ1n) is 4.69. The van der Waals surface area contributed by atoms with Gasteiger partial charge in [0, 0.05) is 12.1 Å². The molecule has 3 unspecified atom stereocenters. The summed E-state index contributed by atoms with van der Waals surface area (Å²) in [5, 5.41) is 3.27. The Bertz CT molecular complexity index is 125. The van der Waals surface area contributed by atoms with Gasteiger partial charge in [0.1, 0.15) is 0 Å². The average Bonchev–Trinajstić information content (AvgIpc) is 2.03. The highest BCUT2D eigenvalue weighted by Crippen LogP contribution is 2.14. The van der Waals surface area contributed by atoms with Gasteiger partial charge in [-0.3, -0.25) is 4.90 Å². The molecular weight excluding hydrogens is 152 g/mol. The highest BCUT2D eigenvalue weighted by Gasteiger charge is 2.28. The normalized spacial score (nSPS) is 35.0. The zero-order valence-electron chi connectivity index (χ0n) is 8.50. The maximum absolute atomic E-state index is 5.45. The van der Waals surface area contributed by atoms with Crippen molar-refractivity contribution in [3.8, 4) is 0 Å². The monoisotopic (exact) mass is 172 g/mol. The molecule has 0 saturated carbocycles. The van der Waals surface area contributed by atoms with Crippen LogP contribution in [0.1, 0.15) is 20.8 Å². The lowest BCUT2D eigenvalue weighted by Gasteiger charge is -2.42. The van der Waals surface area contributed by atoms with E-state index in [1.165, 1.54) is 0 Å². The van der Waals surface area contributed by atoms with E-state index in [1.54, 1.807) is 0 Å². The SMILES string of the molecule is CNC(C)N1C(C)COCC1C. The third-order valence-electron chi connectivity index (χ3n) is 2.60. The summed E-state index contributed by atoms with van der Waals surface area (Å²) in [5.41, 5.74) is 0. The van der Waals surface area contributed by atoms with Crippen LogP contribution in [-0.4, -0.2) is 43.4 Å². The molecule has 1 fully saturated rings. The van der Waals surface area contributed by atoms with Crippen LogP contribution in [0, 0.1) is 0 Å². The Kier molecular flexibility index (Phi) is 3.50. The summed E-state index contributed by atoms with van der Waals surface area (Å²) in [6.45, 7) is 8.33. The maximum Gasteiger partial charge on any atom is 0.0620 e. The van der Waals surface area contributed by atoms with Gasteiger partial charge in [0.25, 0.3) is 0 Å². The second kappa shape index (κ2) is 4.21. The predicted octanol–water partition coefficient (Wildman–Crippen LogP) is 0.661. The van der Waals surface area contributed by atoms with Gasteiger partial charge < -0.3 is 10.1 Å². The van der Waals surface area contributed by atoms with Crippen LogP contribution in [0.5, 0.6) is 0 Å². The molecule has 0 amide bonds. The van der Waals surface area contributed by atoms with Crippen LogP contribution < -0.4 is 5.32 Å². The molecule has 1 N–H and O–H groups in total. The first-order chi connectivity index (χ1) is 5.66. The summed E-state index contributed by atoms with van der Waals surface area (Å²) >= 11 is 0. The second-order valence-corrected chi connectivity index (χ2v) is 3.65. The topological polar surface area (TPSA) is 24.5 Å². The summed E-state index contributed by atoms with van der Waals surface area (Å²) in [5.74, 6) is 0. The van der Waals surface area contributed by atoms with Crippen LogP contribution in [0.2, 0.25) is 0 Å². The van der Waals surface area contributed by atoms with Gasteiger partial charge in [-0.25, -0.2) is 0 Å². The lowest BCUT2D eigenvalue weighted by molar-refractivity contribution is -0.0596. The van der Waals surface area contributed by atoms with Gasteiger partial charge in [0.15, 0.2) is 0 Å². The van der Waals surface area contributed by atoms with Gasteiger partial charge in [-0.05, 0) is 27.8 Å². The van der Waals surface area contributed by atoms with Crippen molar-refractivity contribution in [1.29, 1.82) is 0 Å². The van der Waals surface area contributed by atoms with E-state index in [4.69, 9.17) is 4.74 Å². The highest BCUT2D eigenvalue weighted by atomic mass is 16.5. The number of hydrogen-bond donors (Lipinski definition) is 1. The van der Waals surface area contributed by atoms with Crippen LogP contribution in [0.3, 0.4) is 0 Å². The fraction of sp³-hybridized carbons (Fsp3) is 1.00. The summed E-state index contributed by atoms with van der Waals surface area (Å²) in [4.78, 5) is 2.46. The Balaban J connectivity index is 2.56. The van der Waals surface area contributed by atoms with Crippen molar-refractivity contribution in [1.82, 2.24) is 10.2 Å². The zero-order valence-corrected chi connectivity index (χ0v) is 8.50. The highest BCUT2D eigenvalue weighted by molar-refractivity contribution is 4.80. The second-order valence-electron chi connectivity index (χ2n) is 3.65. The molecule has 0 aromatic carbocycles. The molecule has 72 valence electrons. The molecule has 0 aliphatic carbocycles. The Morgan fingerprint density at radius 1 is 1.33 bits per heavy atom. The quantitative estimate of drug-likeness (QED) is 0.662.